The number of benzene rings is 2. The number of nitrogen functional groups attached to an aromatic ring is 1. The Morgan fingerprint density at radius 2 is 2.03 bits per heavy atom. The Kier molecular flexibility index (Phi) is 6.52. The van der Waals surface area contributed by atoms with Gasteiger partial charge in [0.2, 0.25) is 5.91 Å². The first-order valence-electron chi connectivity index (χ1n) is 11.0. The van der Waals surface area contributed by atoms with Gasteiger partial charge in [-0.1, -0.05) is 18.2 Å². The second-order valence-corrected chi connectivity index (χ2v) is 8.31. The molecule has 8 N–H and O–H groups in total. The molecule has 2 aromatic carbocycles. The van der Waals surface area contributed by atoms with Gasteiger partial charge in [0.15, 0.2) is 0 Å². The van der Waals surface area contributed by atoms with E-state index < -0.39 is 5.91 Å². The number of para-hydroxylation sites is 1. The number of nitrogens with zero attached hydrogens (tertiary/aromatic N) is 3. The summed E-state index contributed by atoms with van der Waals surface area (Å²) >= 11 is 0. The van der Waals surface area contributed by atoms with Crippen LogP contribution in [-0.2, 0) is 4.79 Å². The predicted octanol–water partition coefficient (Wildman–Crippen LogP) is 2.40. The third-order valence-corrected chi connectivity index (χ3v) is 5.90. The van der Waals surface area contributed by atoms with Gasteiger partial charge in [0.25, 0.3) is 0 Å². The number of rotatable bonds is 7. The SMILES string of the molecule is N#Cc1c(-c2ccc(N3CCC(N)C3)c(NCCC(N)=O)c2)cc(-c2ccccc2O)nc1N. The van der Waals surface area contributed by atoms with Crippen molar-refractivity contribution in [3.63, 3.8) is 0 Å². The highest BCUT2D eigenvalue weighted by Gasteiger charge is 2.23. The van der Waals surface area contributed by atoms with Gasteiger partial charge in [0.1, 0.15) is 23.2 Å². The molecule has 2 heterocycles. The van der Waals surface area contributed by atoms with E-state index in [1.807, 2.05) is 18.2 Å². The van der Waals surface area contributed by atoms with Crippen LogP contribution in [-0.4, -0.2) is 41.7 Å². The van der Waals surface area contributed by atoms with Crippen molar-refractivity contribution in [2.24, 2.45) is 11.5 Å². The number of aromatic hydroxyl groups is 1. The molecule has 3 aromatic rings. The van der Waals surface area contributed by atoms with Crippen LogP contribution in [0, 0.1) is 11.3 Å². The Hall–Kier alpha value is -4.29. The maximum Gasteiger partial charge on any atom is 0.219 e. The molecule has 0 saturated carbocycles. The zero-order valence-electron chi connectivity index (χ0n) is 18.7. The number of anilines is 3. The molecule has 0 spiro atoms. The highest BCUT2D eigenvalue weighted by atomic mass is 16.3. The lowest BCUT2D eigenvalue weighted by Crippen LogP contribution is -2.27. The van der Waals surface area contributed by atoms with Gasteiger partial charge in [0.05, 0.1) is 17.1 Å². The minimum absolute atomic E-state index is 0.0691. The number of primary amides is 1. The monoisotopic (exact) mass is 457 g/mol. The van der Waals surface area contributed by atoms with Crippen molar-refractivity contribution in [3.05, 3.63) is 54.1 Å². The quantitative estimate of drug-likeness (QED) is 0.360. The molecule has 0 bridgehead atoms. The van der Waals surface area contributed by atoms with E-state index in [2.05, 4.69) is 21.3 Å². The zero-order valence-corrected chi connectivity index (χ0v) is 18.7. The van der Waals surface area contributed by atoms with E-state index in [9.17, 15) is 15.2 Å². The van der Waals surface area contributed by atoms with Crippen molar-refractivity contribution < 1.29 is 9.90 Å². The summed E-state index contributed by atoms with van der Waals surface area (Å²) in [6.45, 7) is 1.93. The van der Waals surface area contributed by atoms with E-state index in [1.54, 1.807) is 30.3 Å². The Balaban J connectivity index is 1.80. The number of hydrogen-bond acceptors (Lipinski definition) is 8. The first kappa shape index (κ1) is 22.9. The van der Waals surface area contributed by atoms with Gasteiger partial charge in [0, 0.05) is 43.2 Å². The van der Waals surface area contributed by atoms with E-state index in [4.69, 9.17) is 17.2 Å². The molecule has 4 rings (SSSR count). The van der Waals surface area contributed by atoms with Crippen molar-refractivity contribution in [2.45, 2.75) is 18.9 Å². The van der Waals surface area contributed by atoms with Crippen LogP contribution in [0.5, 0.6) is 5.75 Å². The molecule has 1 atom stereocenters. The van der Waals surface area contributed by atoms with Crippen LogP contribution in [0.1, 0.15) is 18.4 Å². The summed E-state index contributed by atoms with van der Waals surface area (Å²) in [7, 11) is 0. The minimum atomic E-state index is -0.394. The lowest BCUT2D eigenvalue weighted by Gasteiger charge is -2.23. The number of aromatic nitrogens is 1. The summed E-state index contributed by atoms with van der Waals surface area (Å²) in [6, 6.07) is 16.6. The largest absolute Gasteiger partial charge is 0.507 e. The van der Waals surface area contributed by atoms with Crippen molar-refractivity contribution in [2.75, 3.05) is 35.6 Å². The van der Waals surface area contributed by atoms with Crippen molar-refractivity contribution in [3.8, 4) is 34.2 Å². The molecule has 0 aliphatic carbocycles. The van der Waals surface area contributed by atoms with Crippen LogP contribution in [0.4, 0.5) is 17.2 Å². The van der Waals surface area contributed by atoms with E-state index in [0.29, 0.717) is 23.4 Å². The number of carbonyl (C=O) groups is 1. The van der Waals surface area contributed by atoms with Crippen LogP contribution < -0.4 is 27.4 Å². The Morgan fingerprint density at radius 3 is 2.71 bits per heavy atom. The van der Waals surface area contributed by atoms with Gasteiger partial charge in [-0.15, -0.1) is 0 Å². The highest BCUT2D eigenvalue weighted by Crippen LogP contribution is 2.38. The average Bonchev–Trinajstić information content (AvgIpc) is 3.24. The fourth-order valence-corrected chi connectivity index (χ4v) is 4.19. The fraction of sp³-hybridized carbons (Fsp3) is 0.240. The normalized spacial score (nSPS) is 15.2. The number of phenolic OH excluding ortho intramolecular Hbond substituents is 1. The molecule has 1 aromatic heterocycles. The van der Waals surface area contributed by atoms with Crippen molar-refractivity contribution >= 4 is 23.1 Å². The maximum absolute atomic E-state index is 11.3. The van der Waals surface area contributed by atoms with Gasteiger partial charge >= 0.3 is 0 Å². The zero-order chi connectivity index (χ0) is 24.2. The molecular formula is C25H27N7O2. The molecule has 9 heteroatoms. The lowest BCUT2D eigenvalue weighted by molar-refractivity contribution is -0.117. The summed E-state index contributed by atoms with van der Waals surface area (Å²) < 4.78 is 0. The maximum atomic E-state index is 11.3. The Labute approximate surface area is 197 Å². The number of carbonyl (C=O) groups excluding carboxylic acids is 1. The first-order valence-corrected chi connectivity index (χ1v) is 11.0. The minimum Gasteiger partial charge on any atom is -0.507 e. The van der Waals surface area contributed by atoms with E-state index in [0.717, 1.165) is 36.4 Å². The molecule has 1 amide bonds. The third-order valence-electron chi connectivity index (χ3n) is 5.90. The molecule has 0 radical (unpaired) electrons. The van der Waals surface area contributed by atoms with Crippen molar-refractivity contribution in [1.82, 2.24) is 4.98 Å². The molecular weight excluding hydrogens is 430 g/mol. The van der Waals surface area contributed by atoms with Crippen LogP contribution in [0.15, 0.2) is 48.5 Å². The topological polar surface area (TPSA) is 167 Å². The fourth-order valence-electron chi connectivity index (χ4n) is 4.19. The van der Waals surface area contributed by atoms with Crippen LogP contribution >= 0.6 is 0 Å². The van der Waals surface area contributed by atoms with E-state index in [1.165, 1.54) is 0 Å². The smallest absolute Gasteiger partial charge is 0.219 e. The average molecular weight is 458 g/mol. The molecule has 1 saturated heterocycles. The number of nitrogens with two attached hydrogens (primary N) is 3. The standard InChI is InChI=1S/C25H27N7O2/c26-13-19-18(12-20(31-25(19)29)17-3-1-2-4-23(17)33)15-5-6-22(32-10-8-16(27)14-32)21(11-15)30-9-7-24(28)34/h1-6,11-12,16,30,33H,7-10,14,27H2,(H2,28,34)(H2,29,31). The van der Waals surface area contributed by atoms with Gasteiger partial charge in [-0.25, -0.2) is 4.98 Å². The highest BCUT2D eigenvalue weighted by molar-refractivity contribution is 5.85. The van der Waals surface area contributed by atoms with Gasteiger partial charge < -0.3 is 32.5 Å². The second-order valence-electron chi connectivity index (χ2n) is 8.31. The number of amides is 1. The van der Waals surface area contributed by atoms with E-state index in [-0.39, 0.29) is 29.6 Å². The number of nitriles is 1. The molecule has 1 aliphatic rings. The molecule has 9 nitrogen and oxygen atoms in total. The summed E-state index contributed by atoms with van der Waals surface area (Å²) in [4.78, 5) is 17.8. The predicted molar refractivity (Wildman–Crippen MR) is 133 cm³/mol. The molecule has 1 aliphatic heterocycles. The number of hydrogen-bond donors (Lipinski definition) is 5. The summed E-state index contributed by atoms with van der Waals surface area (Å²) in [5, 5.41) is 23.4. The van der Waals surface area contributed by atoms with Gasteiger partial charge in [-0.2, -0.15) is 5.26 Å². The first-order chi connectivity index (χ1) is 16.4. The summed E-state index contributed by atoms with van der Waals surface area (Å²) in [6.07, 6.45) is 1.08. The Morgan fingerprint density at radius 1 is 1.24 bits per heavy atom. The molecule has 174 valence electrons. The van der Waals surface area contributed by atoms with Gasteiger partial charge in [-0.3, -0.25) is 4.79 Å². The second kappa shape index (κ2) is 9.68. The lowest BCUT2D eigenvalue weighted by atomic mass is 9.97. The molecule has 1 fully saturated rings. The van der Waals surface area contributed by atoms with Crippen LogP contribution in [0.3, 0.4) is 0 Å². The van der Waals surface area contributed by atoms with Crippen LogP contribution in [0.25, 0.3) is 22.4 Å². The molecule has 34 heavy (non-hydrogen) atoms. The molecule has 1 unspecified atom stereocenters. The summed E-state index contributed by atoms with van der Waals surface area (Å²) in [5.41, 5.74) is 21.9. The number of nitrogens with one attached hydrogen (secondary N) is 1. The van der Waals surface area contributed by atoms with Crippen molar-refractivity contribution in [1.29, 1.82) is 5.26 Å². The summed E-state index contributed by atoms with van der Waals surface area (Å²) in [5.74, 6) is -0.245. The number of phenols is 1. The number of pyridine rings is 1. The van der Waals surface area contributed by atoms with Gasteiger partial charge in [-0.05, 0) is 42.3 Å². The third kappa shape index (κ3) is 4.72. The van der Waals surface area contributed by atoms with E-state index >= 15 is 0 Å². The van der Waals surface area contributed by atoms with Crippen LogP contribution in [0.2, 0.25) is 0 Å². The Bertz CT molecular complexity index is 1270.